The van der Waals surface area contributed by atoms with Crippen molar-refractivity contribution < 1.29 is 0 Å². The SMILES string of the molecule is c1cc(NCC2CCNC2)n2ccnc2c1. The number of hydrogen-bond acceptors (Lipinski definition) is 3. The van der Waals surface area contributed by atoms with Crippen LogP contribution in [0.3, 0.4) is 0 Å². The highest BCUT2D eigenvalue weighted by Gasteiger charge is 2.14. The van der Waals surface area contributed by atoms with E-state index in [0.717, 1.165) is 37.0 Å². The first kappa shape index (κ1) is 9.66. The van der Waals surface area contributed by atoms with Crippen LogP contribution in [0.5, 0.6) is 0 Å². The van der Waals surface area contributed by atoms with Gasteiger partial charge in [0.25, 0.3) is 0 Å². The number of imidazole rings is 1. The molecule has 0 aliphatic carbocycles. The zero-order valence-electron chi connectivity index (χ0n) is 9.19. The van der Waals surface area contributed by atoms with Gasteiger partial charge < -0.3 is 10.6 Å². The van der Waals surface area contributed by atoms with E-state index in [2.05, 4.69) is 26.1 Å². The predicted octanol–water partition coefficient (Wildman–Crippen LogP) is 1.36. The topological polar surface area (TPSA) is 41.4 Å². The van der Waals surface area contributed by atoms with Crippen LogP contribution in [-0.2, 0) is 0 Å². The van der Waals surface area contributed by atoms with Gasteiger partial charge >= 0.3 is 0 Å². The van der Waals surface area contributed by atoms with Gasteiger partial charge in [-0.3, -0.25) is 4.40 Å². The summed E-state index contributed by atoms with van der Waals surface area (Å²) in [5.41, 5.74) is 0.995. The second kappa shape index (κ2) is 4.14. The van der Waals surface area contributed by atoms with E-state index in [1.807, 2.05) is 24.5 Å². The molecular weight excluding hydrogens is 200 g/mol. The number of fused-ring (bicyclic) bond motifs is 1. The van der Waals surface area contributed by atoms with E-state index >= 15 is 0 Å². The first-order chi connectivity index (χ1) is 7.93. The summed E-state index contributed by atoms with van der Waals surface area (Å²) >= 11 is 0. The largest absolute Gasteiger partial charge is 0.371 e. The molecule has 1 saturated heterocycles. The maximum atomic E-state index is 4.27. The monoisotopic (exact) mass is 216 g/mol. The van der Waals surface area contributed by atoms with E-state index in [1.165, 1.54) is 6.42 Å². The third kappa shape index (κ3) is 1.76. The fourth-order valence-electron chi connectivity index (χ4n) is 2.23. The van der Waals surface area contributed by atoms with Gasteiger partial charge in [-0.05, 0) is 37.6 Å². The lowest BCUT2D eigenvalue weighted by Crippen LogP contribution is -2.18. The van der Waals surface area contributed by atoms with E-state index in [4.69, 9.17) is 0 Å². The third-order valence-corrected chi connectivity index (χ3v) is 3.16. The molecular formula is C12H16N4. The highest BCUT2D eigenvalue weighted by Crippen LogP contribution is 2.13. The summed E-state index contributed by atoms with van der Waals surface area (Å²) in [6.45, 7) is 3.32. The summed E-state index contributed by atoms with van der Waals surface area (Å²) in [6, 6.07) is 6.15. The van der Waals surface area contributed by atoms with Crippen molar-refractivity contribution in [1.82, 2.24) is 14.7 Å². The molecule has 2 aromatic rings. The normalized spacial score (nSPS) is 20.4. The highest BCUT2D eigenvalue weighted by molar-refractivity contribution is 5.49. The molecule has 0 bridgehead atoms. The van der Waals surface area contributed by atoms with Gasteiger partial charge in [0.2, 0.25) is 0 Å². The standard InChI is InChI=1S/C12H16N4/c1-2-11-14-6-7-16(11)12(3-1)15-9-10-4-5-13-8-10/h1-3,6-7,10,13,15H,4-5,8-9H2. The average molecular weight is 216 g/mol. The minimum absolute atomic E-state index is 0.749. The third-order valence-electron chi connectivity index (χ3n) is 3.16. The average Bonchev–Trinajstić information content (AvgIpc) is 2.97. The van der Waals surface area contributed by atoms with Crippen molar-refractivity contribution in [2.24, 2.45) is 5.92 Å². The van der Waals surface area contributed by atoms with Crippen LogP contribution in [0.2, 0.25) is 0 Å². The molecule has 3 heterocycles. The van der Waals surface area contributed by atoms with Crippen LogP contribution in [0.15, 0.2) is 30.6 Å². The number of rotatable bonds is 3. The van der Waals surface area contributed by atoms with E-state index in [1.54, 1.807) is 0 Å². The molecule has 4 heteroatoms. The lowest BCUT2D eigenvalue weighted by Gasteiger charge is -2.12. The van der Waals surface area contributed by atoms with Crippen molar-refractivity contribution in [1.29, 1.82) is 0 Å². The number of aromatic nitrogens is 2. The zero-order valence-corrected chi connectivity index (χ0v) is 9.19. The lowest BCUT2D eigenvalue weighted by molar-refractivity contribution is 0.614. The van der Waals surface area contributed by atoms with Gasteiger partial charge in [0.05, 0.1) is 0 Å². The van der Waals surface area contributed by atoms with Gasteiger partial charge in [-0.25, -0.2) is 4.98 Å². The Morgan fingerprint density at radius 2 is 2.50 bits per heavy atom. The molecule has 4 nitrogen and oxygen atoms in total. The summed E-state index contributed by atoms with van der Waals surface area (Å²) in [6.07, 6.45) is 5.09. The molecule has 3 rings (SSSR count). The molecule has 1 aliphatic rings. The summed E-state index contributed by atoms with van der Waals surface area (Å²) in [5.74, 6) is 1.88. The minimum Gasteiger partial charge on any atom is -0.371 e. The van der Waals surface area contributed by atoms with Gasteiger partial charge in [0.15, 0.2) is 0 Å². The Balaban J connectivity index is 1.75. The first-order valence-electron chi connectivity index (χ1n) is 5.80. The van der Waals surface area contributed by atoms with Crippen LogP contribution in [0, 0.1) is 5.92 Å². The predicted molar refractivity (Wildman–Crippen MR) is 64.7 cm³/mol. The minimum atomic E-state index is 0.749. The first-order valence-corrected chi connectivity index (χ1v) is 5.80. The highest BCUT2D eigenvalue weighted by atomic mass is 15.1. The van der Waals surface area contributed by atoms with Gasteiger partial charge in [-0.2, -0.15) is 0 Å². The molecule has 2 aromatic heterocycles. The molecule has 0 radical (unpaired) electrons. The van der Waals surface area contributed by atoms with Crippen molar-refractivity contribution in [3.05, 3.63) is 30.6 Å². The lowest BCUT2D eigenvalue weighted by atomic mass is 10.1. The maximum absolute atomic E-state index is 4.27. The van der Waals surface area contributed by atoms with Gasteiger partial charge in [0, 0.05) is 18.9 Å². The van der Waals surface area contributed by atoms with Crippen molar-refractivity contribution in [2.75, 3.05) is 25.0 Å². The Morgan fingerprint density at radius 3 is 3.38 bits per heavy atom. The van der Waals surface area contributed by atoms with Crippen LogP contribution in [0.1, 0.15) is 6.42 Å². The van der Waals surface area contributed by atoms with Crippen molar-refractivity contribution in [3.63, 3.8) is 0 Å². The van der Waals surface area contributed by atoms with Crippen LogP contribution in [-0.4, -0.2) is 29.0 Å². The van der Waals surface area contributed by atoms with Crippen LogP contribution in [0.4, 0.5) is 5.82 Å². The molecule has 0 amide bonds. The quantitative estimate of drug-likeness (QED) is 0.814. The molecule has 0 saturated carbocycles. The Kier molecular flexibility index (Phi) is 2.50. The Bertz CT molecular complexity index is 471. The summed E-state index contributed by atoms with van der Waals surface area (Å²) in [4.78, 5) is 4.27. The molecule has 84 valence electrons. The van der Waals surface area contributed by atoms with E-state index < -0.39 is 0 Å². The molecule has 1 atom stereocenters. The molecule has 1 unspecified atom stereocenters. The van der Waals surface area contributed by atoms with E-state index in [0.29, 0.717) is 0 Å². The molecule has 0 aromatic carbocycles. The number of hydrogen-bond donors (Lipinski definition) is 2. The van der Waals surface area contributed by atoms with Gasteiger partial charge in [0.1, 0.15) is 11.5 Å². The Morgan fingerprint density at radius 1 is 1.50 bits per heavy atom. The molecule has 16 heavy (non-hydrogen) atoms. The Hall–Kier alpha value is -1.55. The second-order valence-electron chi connectivity index (χ2n) is 4.31. The van der Waals surface area contributed by atoms with Crippen molar-refractivity contribution in [2.45, 2.75) is 6.42 Å². The molecule has 1 aliphatic heterocycles. The second-order valence-corrected chi connectivity index (χ2v) is 4.31. The van der Waals surface area contributed by atoms with Crippen molar-refractivity contribution in [3.8, 4) is 0 Å². The van der Waals surface area contributed by atoms with Gasteiger partial charge in [-0.15, -0.1) is 0 Å². The zero-order chi connectivity index (χ0) is 10.8. The summed E-state index contributed by atoms with van der Waals surface area (Å²) in [5, 5.41) is 6.88. The fourth-order valence-corrected chi connectivity index (χ4v) is 2.23. The summed E-state index contributed by atoms with van der Waals surface area (Å²) < 4.78 is 2.09. The number of nitrogens with zero attached hydrogens (tertiary/aromatic N) is 2. The molecule has 1 fully saturated rings. The van der Waals surface area contributed by atoms with E-state index in [9.17, 15) is 0 Å². The summed E-state index contributed by atoms with van der Waals surface area (Å²) in [7, 11) is 0. The van der Waals surface area contributed by atoms with Gasteiger partial charge in [-0.1, -0.05) is 6.07 Å². The van der Waals surface area contributed by atoms with Crippen LogP contribution in [0.25, 0.3) is 5.65 Å². The van der Waals surface area contributed by atoms with Crippen LogP contribution >= 0.6 is 0 Å². The number of anilines is 1. The Labute approximate surface area is 94.7 Å². The number of nitrogens with one attached hydrogen (secondary N) is 2. The smallest absolute Gasteiger partial charge is 0.138 e. The van der Waals surface area contributed by atoms with Crippen LogP contribution < -0.4 is 10.6 Å². The molecule has 0 spiro atoms. The fraction of sp³-hybridized carbons (Fsp3) is 0.417. The van der Waals surface area contributed by atoms with Crippen molar-refractivity contribution >= 4 is 11.5 Å². The molecule has 2 N–H and O–H groups in total. The maximum Gasteiger partial charge on any atom is 0.138 e. The number of pyridine rings is 1. The van der Waals surface area contributed by atoms with E-state index in [-0.39, 0.29) is 0 Å².